The van der Waals surface area contributed by atoms with Crippen molar-refractivity contribution in [3.8, 4) is 0 Å². The number of aliphatic carboxylic acids is 1. The van der Waals surface area contributed by atoms with Crippen molar-refractivity contribution in [2.45, 2.75) is 12.8 Å². The molecule has 0 atom stereocenters. The monoisotopic (exact) mass is 550 g/mol. The molecule has 0 saturated heterocycles. The Morgan fingerprint density at radius 2 is 1.67 bits per heavy atom. The van der Waals surface area contributed by atoms with Gasteiger partial charge in [-0.2, -0.15) is 0 Å². The van der Waals surface area contributed by atoms with Crippen molar-refractivity contribution in [1.82, 2.24) is 0 Å². The van der Waals surface area contributed by atoms with Gasteiger partial charge in [-0.3, -0.25) is 0 Å². The molecule has 0 unspecified atom stereocenters. The van der Waals surface area contributed by atoms with Crippen LogP contribution >= 0.6 is 67.8 Å². The third-order valence-corrected chi connectivity index (χ3v) is 4.23. The molecule has 0 radical (unpaired) electrons. The minimum absolute atomic E-state index is 0. The first-order valence-electron chi connectivity index (χ1n) is 3.84. The van der Waals surface area contributed by atoms with E-state index in [0.717, 1.165) is 12.7 Å². The second-order valence-electron chi connectivity index (χ2n) is 2.72. The Bertz CT molecular complexity index is 345. The van der Waals surface area contributed by atoms with Crippen LogP contribution in [0, 0.1) is 10.7 Å². The summed E-state index contributed by atoms with van der Waals surface area (Å²) in [5.74, 6) is -0.991. The Hall–Kier alpha value is 1.88. The van der Waals surface area contributed by atoms with Gasteiger partial charge in [0.15, 0.2) is 0 Å². The molecule has 76 valence electrons. The van der Waals surface area contributed by atoms with Gasteiger partial charge < -0.3 is 9.90 Å². The summed E-state index contributed by atoms with van der Waals surface area (Å²) < 4.78 is 3.42. The molecule has 0 heterocycles. The number of rotatable bonds is 3. The van der Waals surface area contributed by atoms with Crippen molar-refractivity contribution >= 4 is 73.7 Å². The molecule has 15 heavy (non-hydrogen) atoms. The predicted molar refractivity (Wildman–Crippen MR) is 77.9 cm³/mol. The Kier molecular flexibility index (Phi) is 9.08. The zero-order valence-electron chi connectivity index (χ0n) is 8.02. The first-order chi connectivity index (χ1) is 6.50. The molecule has 0 saturated carbocycles. The molecule has 1 aromatic carbocycles. The minimum atomic E-state index is -0.991. The number of carboxylic acids is 1. The summed E-state index contributed by atoms with van der Waals surface area (Å²) in [4.78, 5) is 10.3. The summed E-state index contributed by atoms with van der Waals surface area (Å²) in [6, 6.07) is 4.10. The zero-order chi connectivity index (χ0) is 10.7. The SMILES string of the molecule is O=C([O-])CCc1c(I)cc(I)cc1I.[Na+]. The summed E-state index contributed by atoms with van der Waals surface area (Å²) in [6.07, 6.45) is 0.641. The van der Waals surface area contributed by atoms with Crippen LogP contribution in [0.15, 0.2) is 12.1 Å². The van der Waals surface area contributed by atoms with E-state index in [-0.39, 0.29) is 36.0 Å². The van der Waals surface area contributed by atoms with Gasteiger partial charge in [-0.1, -0.05) is 0 Å². The van der Waals surface area contributed by atoms with Gasteiger partial charge in [-0.25, -0.2) is 0 Å². The molecule has 0 aromatic heterocycles. The van der Waals surface area contributed by atoms with Gasteiger partial charge in [0.2, 0.25) is 0 Å². The van der Waals surface area contributed by atoms with Gasteiger partial charge in [0, 0.05) is 16.7 Å². The van der Waals surface area contributed by atoms with Crippen LogP contribution in [0.4, 0.5) is 0 Å². The van der Waals surface area contributed by atoms with Crippen LogP contribution in [0.1, 0.15) is 12.0 Å². The van der Waals surface area contributed by atoms with Gasteiger partial charge in [-0.05, 0) is 98.3 Å². The van der Waals surface area contributed by atoms with Crippen LogP contribution in [-0.4, -0.2) is 5.97 Å². The van der Waals surface area contributed by atoms with E-state index in [9.17, 15) is 9.90 Å². The van der Waals surface area contributed by atoms with Crippen LogP contribution in [0.2, 0.25) is 0 Å². The minimum Gasteiger partial charge on any atom is -0.550 e. The molecule has 6 heteroatoms. The van der Waals surface area contributed by atoms with Crippen molar-refractivity contribution in [2.24, 2.45) is 0 Å². The van der Waals surface area contributed by atoms with E-state index in [1.165, 1.54) is 3.57 Å². The van der Waals surface area contributed by atoms with E-state index in [0.29, 0.717) is 6.42 Å². The summed E-state index contributed by atoms with van der Waals surface area (Å²) in [5, 5.41) is 10.3. The van der Waals surface area contributed by atoms with E-state index in [1.54, 1.807) is 0 Å². The van der Waals surface area contributed by atoms with E-state index < -0.39 is 5.97 Å². The average molecular weight is 550 g/mol. The van der Waals surface area contributed by atoms with E-state index in [4.69, 9.17) is 0 Å². The fourth-order valence-corrected chi connectivity index (χ4v) is 5.16. The first kappa shape index (κ1) is 16.9. The number of carbonyl (C=O) groups is 1. The molecule has 0 amide bonds. The second-order valence-corrected chi connectivity index (χ2v) is 6.29. The number of halogens is 3. The molecule has 0 aliphatic rings. The smallest absolute Gasteiger partial charge is 0.550 e. The summed E-state index contributed by atoms with van der Waals surface area (Å²) in [6.45, 7) is 0. The Morgan fingerprint density at radius 1 is 1.20 bits per heavy atom. The van der Waals surface area contributed by atoms with E-state index >= 15 is 0 Å². The van der Waals surface area contributed by atoms with E-state index in [2.05, 4.69) is 67.8 Å². The molecule has 1 rings (SSSR count). The van der Waals surface area contributed by atoms with Gasteiger partial charge >= 0.3 is 29.6 Å². The van der Waals surface area contributed by atoms with Crippen LogP contribution in [0.5, 0.6) is 0 Å². The van der Waals surface area contributed by atoms with Crippen molar-refractivity contribution in [3.63, 3.8) is 0 Å². The van der Waals surface area contributed by atoms with Gasteiger partial charge in [0.1, 0.15) is 0 Å². The molecular formula is C9H6I3NaO2. The van der Waals surface area contributed by atoms with Crippen LogP contribution in [0.25, 0.3) is 0 Å². The maximum Gasteiger partial charge on any atom is 1.00 e. The molecule has 0 aliphatic carbocycles. The first-order valence-corrected chi connectivity index (χ1v) is 7.07. The normalized spacial score (nSPS) is 9.53. The van der Waals surface area contributed by atoms with Crippen LogP contribution in [-0.2, 0) is 11.2 Å². The number of hydrogen-bond acceptors (Lipinski definition) is 2. The molecule has 2 nitrogen and oxygen atoms in total. The van der Waals surface area contributed by atoms with Gasteiger partial charge in [-0.15, -0.1) is 0 Å². The number of benzene rings is 1. The Morgan fingerprint density at radius 3 is 2.07 bits per heavy atom. The van der Waals surface area contributed by atoms with E-state index in [1.807, 2.05) is 12.1 Å². The molecule has 0 aliphatic heterocycles. The fourth-order valence-electron chi connectivity index (χ4n) is 1.04. The van der Waals surface area contributed by atoms with Crippen molar-refractivity contribution < 1.29 is 39.5 Å². The van der Waals surface area contributed by atoms with Crippen molar-refractivity contribution in [3.05, 3.63) is 28.4 Å². The number of hydrogen-bond donors (Lipinski definition) is 0. The van der Waals surface area contributed by atoms with Crippen LogP contribution in [0.3, 0.4) is 0 Å². The molecule has 0 spiro atoms. The molecule has 0 bridgehead atoms. The largest absolute Gasteiger partial charge is 1.00 e. The third kappa shape index (κ3) is 5.84. The standard InChI is InChI=1S/C9H7I3O2.Na/c10-5-3-7(11)6(8(12)4-5)1-2-9(13)14;/h3-4H,1-2H2,(H,13,14);/q;+1/p-1. The number of carboxylic acid groups (broad SMARTS) is 1. The van der Waals surface area contributed by atoms with Crippen molar-refractivity contribution in [1.29, 1.82) is 0 Å². The third-order valence-electron chi connectivity index (χ3n) is 1.68. The zero-order valence-corrected chi connectivity index (χ0v) is 16.5. The summed E-state index contributed by atoms with van der Waals surface area (Å²) in [7, 11) is 0. The molecule has 1 aromatic rings. The Labute approximate surface area is 152 Å². The summed E-state index contributed by atoms with van der Waals surface area (Å²) >= 11 is 6.72. The quantitative estimate of drug-likeness (QED) is 0.366. The predicted octanol–water partition coefficient (Wildman–Crippen LogP) is -0.813. The van der Waals surface area contributed by atoms with Gasteiger partial charge in [0.05, 0.1) is 0 Å². The molecular weight excluding hydrogens is 544 g/mol. The van der Waals surface area contributed by atoms with Crippen molar-refractivity contribution in [2.75, 3.05) is 0 Å². The molecule has 0 N–H and O–H groups in total. The second kappa shape index (κ2) is 8.06. The van der Waals surface area contributed by atoms with Gasteiger partial charge in [0.25, 0.3) is 0 Å². The average Bonchev–Trinajstić information content (AvgIpc) is 2.01. The maximum absolute atomic E-state index is 10.3. The Balaban J connectivity index is 0.00000196. The fraction of sp³-hybridized carbons (Fsp3) is 0.222. The topological polar surface area (TPSA) is 40.1 Å². The maximum atomic E-state index is 10.3. The number of carbonyl (C=O) groups excluding carboxylic acids is 1. The summed E-state index contributed by atoms with van der Waals surface area (Å²) in [5.41, 5.74) is 1.11. The molecule has 0 fully saturated rings. The van der Waals surface area contributed by atoms with Crippen LogP contribution < -0.4 is 34.7 Å².